The predicted octanol–water partition coefficient (Wildman–Crippen LogP) is 6.19. The number of amides is 4. The molecule has 2 saturated heterocycles. The summed E-state index contributed by atoms with van der Waals surface area (Å²) in [7, 11) is 3.76. The number of ether oxygens (including phenoxy) is 2. The van der Waals surface area contributed by atoms with Gasteiger partial charge in [0.2, 0.25) is 5.91 Å². The lowest BCUT2D eigenvalue weighted by molar-refractivity contribution is -0.128. The van der Waals surface area contributed by atoms with Crippen LogP contribution >= 0.6 is 0 Å². The number of fused-ring (bicyclic) bond motifs is 6. The van der Waals surface area contributed by atoms with E-state index in [2.05, 4.69) is 12.1 Å². The topological polar surface area (TPSA) is 96.5 Å². The number of benzene rings is 2. The molecule has 2 aliphatic heterocycles. The van der Waals surface area contributed by atoms with E-state index < -0.39 is 23.4 Å². The number of nitrogens with zero attached hydrogens (tertiary/aromatic N) is 3. The Labute approximate surface area is 259 Å². The first-order valence-corrected chi connectivity index (χ1v) is 15.2. The van der Waals surface area contributed by atoms with E-state index in [1.54, 1.807) is 0 Å². The van der Waals surface area contributed by atoms with Gasteiger partial charge in [-0.1, -0.05) is 48.5 Å². The molecular weight excluding hydrogens is 558 g/mol. The molecule has 4 aliphatic rings. The lowest BCUT2D eigenvalue weighted by atomic mass is 9.97. The maximum absolute atomic E-state index is 12.9. The van der Waals surface area contributed by atoms with Crippen LogP contribution in [0.25, 0.3) is 0 Å². The zero-order valence-electron chi connectivity index (χ0n) is 26.9. The molecular formula is C35H43N3O6. The monoisotopic (exact) mass is 601 g/mol. The van der Waals surface area contributed by atoms with E-state index in [1.807, 2.05) is 103 Å². The molecule has 0 bridgehead atoms. The minimum Gasteiger partial charge on any atom is -0.443 e. The Morgan fingerprint density at radius 1 is 0.750 bits per heavy atom. The summed E-state index contributed by atoms with van der Waals surface area (Å²) < 4.78 is 10.9. The van der Waals surface area contributed by atoms with Gasteiger partial charge in [-0.2, -0.15) is 0 Å². The largest absolute Gasteiger partial charge is 0.443 e. The number of rotatable bonds is 1. The van der Waals surface area contributed by atoms with E-state index in [4.69, 9.17) is 9.47 Å². The molecule has 0 N–H and O–H groups in total. The van der Waals surface area contributed by atoms with Gasteiger partial charge in [-0.25, -0.2) is 19.4 Å². The van der Waals surface area contributed by atoms with Crippen LogP contribution in [0.5, 0.6) is 0 Å². The standard InChI is InChI=1S/C19H24N2O3.C16H19NO3/c1-19(2,3)24-18(23)21-16-13-9-7-6-8-12(13)10-14(16)15(17(21)22)11-20(4)5;1-16(2,3)20-15(19)17-13(18)9-11-8-10-6-4-5-7-12(10)14(11)17/h6-9,11,14,16H,10H2,1-5H3;4-7,11,14H,8-9H2,1-3H3/b15-11-;. The minimum atomic E-state index is -0.640. The van der Waals surface area contributed by atoms with Crippen LogP contribution in [0.1, 0.15) is 82.3 Å². The van der Waals surface area contributed by atoms with Crippen molar-refractivity contribution in [1.82, 2.24) is 14.7 Å². The lowest BCUT2D eigenvalue weighted by Gasteiger charge is -2.27. The molecule has 0 spiro atoms. The molecule has 2 fully saturated rings. The normalized spacial score (nSPS) is 24.3. The summed E-state index contributed by atoms with van der Waals surface area (Å²) in [5, 5.41) is 0. The highest BCUT2D eigenvalue weighted by molar-refractivity contribution is 6.06. The van der Waals surface area contributed by atoms with E-state index >= 15 is 0 Å². The number of likely N-dealkylation sites (tertiary alicyclic amines) is 2. The second-order valence-electron chi connectivity index (χ2n) is 14.2. The van der Waals surface area contributed by atoms with Crippen molar-refractivity contribution in [3.05, 3.63) is 82.6 Å². The van der Waals surface area contributed by atoms with Gasteiger partial charge in [0.25, 0.3) is 5.91 Å². The van der Waals surface area contributed by atoms with E-state index in [0.29, 0.717) is 12.0 Å². The van der Waals surface area contributed by atoms with Crippen LogP contribution in [0.3, 0.4) is 0 Å². The van der Waals surface area contributed by atoms with Crippen LogP contribution in [0.15, 0.2) is 60.3 Å². The molecule has 0 aromatic heterocycles. The van der Waals surface area contributed by atoms with Crippen molar-refractivity contribution in [2.75, 3.05) is 14.1 Å². The zero-order chi connectivity index (χ0) is 32.1. The number of carbonyl (C=O) groups excluding carboxylic acids is 4. The number of hydrogen-bond acceptors (Lipinski definition) is 7. The number of carbonyl (C=O) groups is 4. The van der Waals surface area contributed by atoms with E-state index in [1.165, 1.54) is 20.9 Å². The first-order valence-electron chi connectivity index (χ1n) is 15.2. The molecule has 4 atom stereocenters. The molecule has 2 aromatic carbocycles. The molecule has 0 saturated carbocycles. The highest BCUT2D eigenvalue weighted by Crippen LogP contribution is 2.50. The summed E-state index contributed by atoms with van der Waals surface area (Å²) in [6.07, 6.45) is 2.81. The highest BCUT2D eigenvalue weighted by atomic mass is 16.6. The SMILES string of the molecule is CC(C)(C)OC(=O)N1C(=O)CC2Cc3ccccc3C21.CN(C)/C=C1\C(=O)N(C(=O)OC(C)(C)C)C2c3ccccc3CC12. The Kier molecular flexibility index (Phi) is 8.12. The van der Waals surface area contributed by atoms with Crippen molar-refractivity contribution >= 4 is 24.0 Å². The van der Waals surface area contributed by atoms with Gasteiger partial charge < -0.3 is 14.4 Å². The van der Waals surface area contributed by atoms with Crippen molar-refractivity contribution < 1.29 is 28.7 Å². The van der Waals surface area contributed by atoms with Gasteiger partial charge >= 0.3 is 12.2 Å². The van der Waals surface area contributed by atoms with E-state index in [-0.39, 0.29) is 35.7 Å². The summed E-state index contributed by atoms with van der Waals surface area (Å²) in [5.41, 5.74) is 4.01. The molecule has 2 aliphatic carbocycles. The Hall–Kier alpha value is -4.14. The molecule has 6 rings (SSSR count). The van der Waals surface area contributed by atoms with Crippen molar-refractivity contribution in [2.45, 2.75) is 84.1 Å². The van der Waals surface area contributed by atoms with E-state index in [9.17, 15) is 19.2 Å². The van der Waals surface area contributed by atoms with Gasteiger partial charge in [-0.3, -0.25) is 9.59 Å². The average molecular weight is 602 g/mol. The van der Waals surface area contributed by atoms with E-state index in [0.717, 1.165) is 24.0 Å². The maximum Gasteiger partial charge on any atom is 0.417 e. The molecule has 234 valence electrons. The zero-order valence-corrected chi connectivity index (χ0v) is 26.9. The Bertz CT molecular complexity index is 1510. The number of imide groups is 2. The Morgan fingerprint density at radius 3 is 1.80 bits per heavy atom. The summed E-state index contributed by atoms with van der Waals surface area (Å²) in [4.78, 5) is 54.6. The molecule has 0 radical (unpaired) electrons. The third-order valence-electron chi connectivity index (χ3n) is 8.20. The van der Waals surface area contributed by atoms with Crippen LogP contribution in [0.2, 0.25) is 0 Å². The smallest absolute Gasteiger partial charge is 0.417 e. The minimum absolute atomic E-state index is 0.00943. The van der Waals surface area contributed by atoms with Gasteiger partial charge in [0.15, 0.2) is 0 Å². The maximum atomic E-state index is 12.9. The van der Waals surface area contributed by atoms with Gasteiger partial charge in [0, 0.05) is 38.2 Å². The van der Waals surface area contributed by atoms with Gasteiger partial charge in [-0.15, -0.1) is 0 Å². The second-order valence-corrected chi connectivity index (χ2v) is 14.2. The van der Waals surface area contributed by atoms with Crippen LogP contribution in [0, 0.1) is 11.8 Å². The summed E-state index contributed by atoms with van der Waals surface area (Å²) in [6.45, 7) is 10.9. The van der Waals surface area contributed by atoms with Crippen molar-refractivity contribution in [2.24, 2.45) is 11.8 Å². The third kappa shape index (κ3) is 6.10. The molecule has 4 unspecified atom stereocenters. The highest BCUT2D eigenvalue weighted by Gasteiger charge is 2.53. The summed E-state index contributed by atoms with van der Waals surface area (Å²) >= 11 is 0. The number of hydrogen-bond donors (Lipinski definition) is 0. The molecule has 4 amide bonds. The first-order chi connectivity index (χ1) is 20.6. The quantitative estimate of drug-likeness (QED) is 0.360. The fraction of sp³-hybridized carbons (Fsp3) is 0.486. The molecule has 2 aromatic rings. The fourth-order valence-corrected chi connectivity index (χ4v) is 6.73. The van der Waals surface area contributed by atoms with Crippen molar-refractivity contribution in [1.29, 1.82) is 0 Å². The predicted molar refractivity (Wildman–Crippen MR) is 165 cm³/mol. The van der Waals surface area contributed by atoms with Gasteiger partial charge in [0.1, 0.15) is 11.2 Å². The van der Waals surface area contributed by atoms with Crippen LogP contribution < -0.4 is 0 Å². The Morgan fingerprint density at radius 2 is 1.25 bits per heavy atom. The fourth-order valence-electron chi connectivity index (χ4n) is 6.73. The lowest BCUT2D eigenvalue weighted by Crippen LogP contribution is -2.39. The summed E-state index contributed by atoms with van der Waals surface area (Å²) in [5.74, 6) is -0.177. The first kappa shape index (κ1) is 31.3. The van der Waals surface area contributed by atoms with Crippen LogP contribution in [0.4, 0.5) is 9.59 Å². The van der Waals surface area contributed by atoms with Gasteiger partial charge in [0.05, 0.1) is 12.1 Å². The molecule has 9 nitrogen and oxygen atoms in total. The third-order valence-corrected chi connectivity index (χ3v) is 8.20. The second kappa shape index (κ2) is 11.4. The summed E-state index contributed by atoms with van der Waals surface area (Å²) in [6, 6.07) is 15.6. The van der Waals surface area contributed by atoms with Crippen LogP contribution in [-0.4, -0.2) is 64.0 Å². The molecule has 9 heteroatoms. The molecule has 2 heterocycles. The molecule has 44 heavy (non-hydrogen) atoms. The van der Waals surface area contributed by atoms with Crippen LogP contribution in [-0.2, 0) is 31.9 Å². The van der Waals surface area contributed by atoms with Crippen molar-refractivity contribution in [3.8, 4) is 0 Å². The Balaban J connectivity index is 0.000000177. The van der Waals surface area contributed by atoms with Gasteiger partial charge in [-0.05, 0) is 82.6 Å². The van der Waals surface area contributed by atoms with Crippen molar-refractivity contribution in [3.63, 3.8) is 0 Å². The average Bonchev–Trinajstić information content (AvgIpc) is 3.60.